The predicted molar refractivity (Wildman–Crippen MR) is 174 cm³/mol. The molecule has 0 spiro atoms. The fourth-order valence-electron chi connectivity index (χ4n) is 7.88. The number of aliphatic hydroxyl groups excluding tert-OH is 4. The largest absolute Gasteiger partial charge is 0.465 e. The number of ether oxygens (including phenoxy) is 6. The van der Waals surface area contributed by atoms with Gasteiger partial charge in [0.1, 0.15) is 24.4 Å². The van der Waals surface area contributed by atoms with E-state index in [2.05, 4.69) is 12.7 Å². The van der Waals surface area contributed by atoms with Crippen molar-refractivity contribution < 1.29 is 58.4 Å². The van der Waals surface area contributed by atoms with Crippen molar-refractivity contribution in [1.29, 1.82) is 0 Å². The second kappa shape index (κ2) is 15.4. The molecule has 0 aromatic heterocycles. The number of carbonyl (C=O) groups excluding carboxylic acids is 2. The molecule has 1 saturated carbocycles. The van der Waals surface area contributed by atoms with Crippen LogP contribution < -0.4 is 0 Å². The number of hydrogen-bond donors (Lipinski definition) is 4. The van der Waals surface area contributed by atoms with Crippen LogP contribution in [-0.2, 0) is 38.0 Å². The molecule has 0 amide bonds. The van der Waals surface area contributed by atoms with E-state index < -0.39 is 72.0 Å². The van der Waals surface area contributed by atoms with Crippen LogP contribution >= 0.6 is 0 Å². The Kier molecular flexibility index (Phi) is 12.4. The summed E-state index contributed by atoms with van der Waals surface area (Å²) in [4.78, 5) is 23.8. The lowest BCUT2D eigenvalue weighted by Gasteiger charge is -2.47. The molecule has 12 heteroatoms. The van der Waals surface area contributed by atoms with E-state index in [-0.39, 0.29) is 43.3 Å². The van der Waals surface area contributed by atoms with Crippen molar-refractivity contribution >= 4 is 11.9 Å². The van der Waals surface area contributed by atoms with Crippen LogP contribution in [0, 0.1) is 29.1 Å². The Morgan fingerprint density at radius 1 is 1.10 bits per heavy atom. The van der Waals surface area contributed by atoms with Crippen LogP contribution in [0.5, 0.6) is 0 Å². The van der Waals surface area contributed by atoms with Gasteiger partial charge in [0.15, 0.2) is 12.4 Å². The standard InChI is InChI=1S/C36H56O12/c1-10-35(6,7)45-17-26-30(41)33(46-21(5)38)31(42)34(47-26)48-32-28-24(18(2)15-44-20(4)37)13-27(39)36(28,8)14-25-22(16-43-9)11-12-23(25)19(3)29(32)40/h10,14,18-19,22-23,26-27,29-34,39-42H,1,11-13,15-17H2,2-9H3/t18-,19-,22-,23+,26?,27+,29-,30?,31?,32-,33?,34-,36+/m1/s1. The first-order valence-electron chi connectivity index (χ1n) is 17.0. The van der Waals surface area contributed by atoms with E-state index in [1.54, 1.807) is 27.0 Å². The molecular weight excluding hydrogens is 624 g/mol. The molecule has 3 aliphatic carbocycles. The number of rotatable bonds is 12. The lowest BCUT2D eigenvalue weighted by atomic mass is 9.68. The maximum Gasteiger partial charge on any atom is 0.303 e. The molecule has 1 aliphatic heterocycles. The monoisotopic (exact) mass is 680 g/mol. The van der Waals surface area contributed by atoms with Gasteiger partial charge < -0.3 is 48.8 Å². The van der Waals surface area contributed by atoms with E-state index in [1.807, 2.05) is 20.8 Å². The first-order valence-corrected chi connectivity index (χ1v) is 17.0. The predicted octanol–water partition coefficient (Wildman–Crippen LogP) is 2.61. The van der Waals surface area contributed by atoms with Gasteiger partial charge in [-0.1, -0.05) is 37.1 Å². The molecule has 0 aromatic carbocycles. The first kappa shape index (κ1) is 38.6. The van der Waals surface area contributed by atoms with E-state index >= 15 is 0 Å². The normalized spacial score (nSPS) is 39.1. The van der Waals surface area contributed by atoms with Gasteiger partial charge in [-0.15, -0.1) is 6.58 Å². The van der Waals surface area contributed by atoms with Gasteiger partial charge in [-0.25, -0.2) is 0 Å². The number of aliphatic hydroxyl groups is 4. The highest BCUT2D eigenvalue weighted by molar-refractivity contribution is 5.66. The molecule has 13 atom stereocenters. The van der Waals surface area contributed by atoms with Gasteiger partial charge >= 0.3 is 11.9 Å². The van der Waals surface area contributed by atoms with Crippen molar-refractivity contribution in [1.82, 2.24) is 0 Å². The molecule has 12 nitrogen and oxygen atoms in total. The fourth-order valence-corrected chi connectivity index (χ4v) is 7.88. The molecule has 1 heterocycles. The Hall–Kier alpha value is -2.16. The third-order valence-corrected chi connectivity index (χ3v) is 10.8. The lowest BCUT2D eigenvalue weighted by Crippen LogP contribution is -2.62. The average Bonchev–Trinajstić information content (AvgIpc) is 3.52. The SMILES string of the molecule is C=CC(C)(C)OCC1O[C@H](O[C@@H]2C3=C([C@H](C)COC(C)=O)C[C@H](O)[C@]3(C)C=C3[C@@H](COC)CC[C@H]3[C@@H](C)[C@H]2O)C(O)C(OC(C)=O)C1O. The quantitative estimate of drug-likeness (QED) is 0.176. The van der Waals surface area contributed by atoms with Crippen LogP contribution in [0.4, 0.5) is 0 Å². The zero-order chi connectivity index (χ0) is 35.7. The summed E-state index contributed by atoms with van der Waals surface area (Å²) in [5.74, 6) is -1.70. The molecular formula is C36H56O12. The number of esters is 2. The molecule has 272 valence electrons. The van der Waals surface area contributed by atoms with E-state index in [1.165, 1.54) is 13.8 Å². The van der Waals surface area contributed by atoms with Crippen LogP contribution in [0.15, 0.2) is 35.5 Å². The van der Waals surface area contributed by atoms with Gasteiger partial charge in [-0.3, -0.25) is 9.59 Å². The summed E-state index contributed by atoms with van der Waals surface area (Å²) >= 11 is 0. The maximum atomic E-state index is 12.3. The van der Waals surface area contributed by atoms with Crippen molar-refractivity contribution in [3.05, 3.63) is 35.5 Å². The first-order chi connectivity index (χ1) is 22.4. The van der Waals surface area contributed by atoms with Gasteiger partial charge in [0.2, 0.25) is 0 Å². The molecule has 2 fully saturated rings. The van der Waals surface area contributed by atoms with Gasteiger partial charge in [0, 0.05) is 38.2 Å². The molecule has 4 rings (SSSR count). The highest BCUT2D eigenvalue weighted by atomic mass is 16.7. The zero-order valence-corrected chi connectivity index (χ0v) is 29.6. The Balaban J connectivity index is 1.82. The summed E-state index contributed by atoms with van der Waals surface area (Å²) in [6.07, 6.45) is -4.54. The van der Waals surface area contributed by atoms with Gasteiger partial charge in [-0.2, -0.15) is 0 Å². The van der Waals surface area contributed by atoms with Crippen molar-refractivity contribution in [2.45, 2.75) is 122 Å². The van der Waals surface area contributed by atoms with Crippen LogP contribution in [0.3, 0.4) is 0 Å². The van der Waals surface area contributed by atoms with Gasteiger partial charge in [0.05, 0.1) is 37.6 Å². The van der Waals surface area contributed by atoms with Crippen molar-refractivity contribution in [2.75, 3.05) is 26.9 Å². The molecule has 0 bridgehead atoms. The highest BCUT2D eigenvalue weighted by Gasteiger charge is 2.56. The molecule has 48 heavy (non-hydrogen) atoms. The molecule has 0 radical (unpaired) electrons. The summed E-state index contributed by atoms with van der Waals surface area (Å²) < 4.78 is 35.1. The van der Waals surface area contributed by atoms with Gasteiger partial charge in [0.25, 0.3) is 0 Å². The second-order valence-corrected chi connectivity index (χ2v) is 14.7. The molecule has 4 aliphatic rings. The third kappa shape index (κ3) is 7.91. The third-order valence-electron chi connectivity index (χ3n) is 10.8. The summed E-state index contributed by atoms with van der Waals surface area (Å²) in [7, 11) is 1.66. The summed E-state index contributed by atoms with van der Waals surface area (Å²) in [5.41, 5.74) is 0.746. The number of fused-ring (bicyclic) bond motifs is 2. The minimum absolute atomic E-state index is 0.0190. The molecule has 1 saturated heterocycles. The van der Waals surface area contributed by atoms with E-state index in [0.717, 1.165) is 24.0 Å². The minimum Gasteiger partial charge on any atom is -0.465 e. The lowest BCUT2D eigenvalue weighted by molar-refractivity contribution is -0.320. The van der Waals surface area contributed by atoms with Crippen molar-refractivity contribution in [2.24, 2.45) is 29.1 Å². The minimum atomic E-state index is -1.63. The van der Waals surface area contributed by atoms with E-state index in [0.29, 0.717) is 12.2 Å². The van der Waals surface area contributed by atoms with Gasteiger partial charge in [-0.05, 0) is 57.4 Å². The maximum absolute atomic E-state index is 12.3. The smallest absolute Gasteiger partial charge is 0.303 e. The highest BCUT2D eigenvalue weighted by Crippen LogP contribution is 2.56. The zero-order valence-electron chi connectivity index (χ0n) is 29.6. The van der Waals surface area contributed by atoms with Crippen LogP contribution in [-0.4, -0.2) is 114 Å². The molecule has 0 aromatic rings. The number of hydrogen-bond acceptors (Lipinski definition) is 12. The van der Waals surface area contributed by atoms with E-state index in [9.17, 15) is 30.0 Å². The topological polar surface area (TPSA) is 170 Å². The Morgan fingerprint density at radius 2 is 1.79 bits per heavy atom. The number of carbonyl (C=O) groups is 2. The van der Waals surface area contributed by atoms with E-state index in [4.69, 9.17) is 28.4 Å². The summed E-state index contributed by atoms with van der Waals surface area (Å²) in [5, 5.41) is 46.7. The Labute approximate surface area is 284 Å². The molecule has 4 N–H and O–H groups in total. The molecule has 4 unspecified atom stereocenters. The summed E-state index contributed by atoms with van der Waals surface area (Å²) in [6.45, 7) is 16.0. The fraction of sp³-hybridized carbons (Fsp3) is 0.778. The van der Waals surface area contributed by atoms with Crippen LogP contribution in [0.2, 0.25) is 0 Å². The number of methoxy groups -OCH3 is 1. The van der Waals surface area contributed by atoms with Crippen molar-refractivity contribution in [3.8, 4) is 0 Å². The summed E-state index contributed by atoms with van der Waals surface area (Å²) in [6, 6.07) is 0. The Bertz CT molecular complexity index is 1240. The second-order valence-electron chi connectivity index (χ2n) is 14.7. The Morgan fingerprint density at radius 3 is 2.40 bits per heavy atom. The van der Waals surface area contributed by atoms with Crippen LogP contribution in [0.25, 0.3) is 0 Å². The average molecular weight is 681 g/mol. The van der Waals surface area contributed by atoms with Crippen molar-refractivity contribution in [3.63, 3.8) is 0 Å². The van der Waals surface area contributed by atoms with Crippen LogP contribution in [0.1, 0.15) is 67.7 Å².